The molecule has 2 bridgehead atoms. The maximum absolute atomic E-state index is 12.1. The van der Waals surface area contributed by atoms with Gasteiger partial charge in [-0.05, 0) is 60.9 Å². The average Bonchev–Trinajstić information content (AvgIpc) is 3.50. The van der Waals surface area contributed by atoms with Crippen molar-refractivity contribution in [3.8, 4) is 0 Å². The largest absolute Gasteiger partial charge is 0.469 e. The molecule has 2 N–H and O–H groups in total. The Morgan fingerprint density at radius 1 is 1.16 bits per heavy atom. The monoisotopic (exact) mass is 536 g/mol. The van der Waals surface area contributed by atoms with Crippen LogP contribution in [0.3, 0.4) is 0 Å². The fourth-order valence-corrected chi connectivity index (χ4v) is 4.69. The standard InChI is InChI=1S/C24H32N4O2.HI/c1-28(2)23(29)19-8-5-17(6-9-19)16-26-24(25-12-11-21-4-3-13-30-21)27-22-15-18-7-10-20(22)14-18;/h3-6,8-9,13,18,20,22H,7,10-12,14-16H2,1-2H3,(H2,25,26,27);1H. The molecule has 0 spiro atoms. The van der Waals surface area contributed by atoms with E-state index in [4.69, 9.17) is 9.41 Å². The van der Waals surface area contributed by atoms with Crippen LogP contribution in [0.2, 0.25) is 0 Å². The SMILES string of the molecule is CN(C)C(=O)c1ccc(CN=C(NCCc2ccco2)NC2CC3CCC2C3)cc1.I. The highest BCUT2D eigenvalue weighted by atomic mass is 127. The minimum Gasteiger partial charge on any atom is -0.469 e. The quantitative estimate of drug-likeness (QED) is 0.318. The molecule has 1 amide bonds. The van der Waals surface area contributed by atoms with E-state index < -0.39 is 0 Å². The minimum atomic E-state index is 0. The third-order valence-corrected chi connectivity index (χ3v) is 6.33. The van der Waals surface area contributed by atoms with Crippen LogP contribution in [-0.4, -0.2) is 43.4 Å². The van der Waals surface area contributed by atoms with Gasteiger partial charge in [0, 0.05) is 38.7 Å². The first-order valence-corrected chi connectivity index (χ1v) is 11.0. The van der Waals surface area contributed by atoms with Crippen molar-refractivity contribution in [1.29, 1.82) is 0 Å². The van der Waals surface area contributed by atoms with Crippen molar-refractivity contribution >= 4 is 35.8 Å². The number of benzene rings is 1. The lowest BCUT2D eigenvalue weighted by molar-refractivity contribution is 0.0827. The number of carbonyl (C=O) groups is 1. The predicted molar refractivity (Wildman–Crippen MR) is 134 cm³/mol. The Hall–Kier alpha value is -2.03. The zero-order valence-corrected chi connectivity index (χ0v) is 20.7. The minimum absolute atomic E-state index is 0. The number of furan rings is 1. The normalized spacial score (nSPS) is 22.1. The molecule has 0 saturated heterocycles. The van der Waals surface area contributed by atoms with Crippen LogP contribution in [0.5, 0.6) is 0 Å². The van der Waals surface area contributed by atoms with Gasteiger partial charge >= 0.3 is 0 Å². The van der Waals surface area contributed by atoms with Crippen molar-refractivity contribution in [3.63, 3.8) is 0 Å². The first-order valence-electron chi connectivity index (χ1n) is 11.0. The van der Waals surface area contributed by atoms with Crippen LogP contribution in [0, 0.1) is 11.8 Å². The summed E-state index contributed by atoms with van der Waals surface area (Å²) in [6, 6.07) is 12.2. The van der Waals surface area contributed by atoms with Crippen molar-refractivity contribution in [3.05, 3.63) is 59.5 Å². The summed E-state index contributed by atoms with van der Waals surface area (Å²) in [5.41, 5.74) is 1.79. The smallest absolute Gasteiger partial charge is 0.253 e. The van der Waals surface area contributed by atoms with E-state index in [-0.39, 0.29) is 29.9 Å². The molecule has 3 atom stereocenters. The number of carbonyl (C=O) groups excluding carboxylic acids is 1. The van der Waals surface area contributed by atoms with Gasteiger partial charge in [-0.15, -0.1) is 24.0 Å². The van der Waals surface area contributed by atoms with E-state index in [2.05, 4.69) is 10.6 Å². The number of guanidine groups is 1. The Kier molecular flexibility index (Phi) is 8.40. The van der Waals surface area contributed by atoms with Gasteiger partial charge in [0.05, 0.1) is 12.8 Å². The second-order valence-corrected chi connectivity index (χ2v) is 8.74. The highest BCUT2D eigenvalue weighted by molar-refractivity contribution is 14.0. The number of aliphatic imine (C=N–C) groups is 1. The summed E-state index contributed by atoms with van der Waals surface area (Å²) < 4.78 is 5.43. The summed E-state index contributed by atoms with van der Waals surface area (Å²) in [5.74, 6) is 3.53. The van der Waals surface area contributed by atoms with Crippen molar-refractivity contribution in [1.82, 2.24) is 15.5 Å². The van der Waals surface area contributed by atoms with Crippen LogP contribution >= 0.6 is 24.0 Å². The van der Waals surface area contributed by atoms with E-state index >= 15 is 0 Å². The number of rotatable bonds is 7. The molecular formula is C24H33IN4O2. The van der Waals surface area contributed by atoms with E-state index in [9.17, 15) is 4.79 Å². The maximum Gasteiger partial charge on any atom is 0.253 e. The van der Waals surface area contributed by atoms with Crippen LogP contribution < -0.4 is 10.6 Å². The molecule has 3 unspecified atom stereocenters. The zero-order valence-electron chi connectivity index (χ0n) is 18.3. The highest BCUT2D eigenvalue weighted by Crippen LogP contribution is 2.44. The molecule has 0 aliphatic heterocycles. The van der Waals surface area contributed by atoms with Crippen molar-refractivity contribution < 1.29 is 9.21 Å². The third kappa shape index (κ3) is 6.24. The molecule has 6 nitrogen and oxygen atoms in total. The van der Waals surface area contributed by atoms with Crippen LogP contribution in [0.15, 0.2) is 52.1 Å². The topological polar surface area (TPSA) is 69.9 Å². The second-order valence-electron chi connectivity index (χ2n) is 8.74. The van der Waals surface area contributed by atoms with Crippen LogP contribution in [0.4, 0.5) is 0 Å². The van der Waals surface area contributed by atoms with Gasteiger partial charge in [-0.25, -0.2) is 4.99 Å². The molecule has 4 rings (SSSR count). The number of hydrogen-bond acceptors (Lipinski definition) is 3. The number of amides is 1. The Balaban J connectivity index is 0.00000272. The van der Waals surface area contributed by atoms with Crippen molar-refractivity contribution in [2.45, 2.75) is 44.7 Å². The average molecular weight is 536 g/mol. The first-order chi connectivity index (χ1) is 14.6. The van der Waals surface area contributed by atoms with Crippen molar-refractivity contribution in [2.24, 2.45) is 16.8 Å². The van der Waals surface area contributed by atoms with E-state index in [1.54, 1.807) is 25.3 Å². The first kappa shape index (κ1) is 23.6. The summed E-state index contributed by atoms with van der Waals surface area (Å²) in [4.78, 5) is 18.5. The lowest BCUT2D eigenvalue weighted by Gasteiger charge is -2.25. The molecular weight excluding hydrogens is 503 g/mol. The third-order valence-electron chi connectivity index (χ3n) is 6.33. The Bertz CT molecular complexity index is 864. The Labute approximate surface area is 201 Å². The summed E-state index contributed by atoms with van der Waals surface area (Å²) >= 11 is 0. The van der Waals surface area contributed by atoms with Gasteiger partial charge in [0.2, 0.25) is 0 Å². The van der Waals surface area contributed by atoms with Gasteiger partial charge in [-0.3, -0.25) is 4.79 Å². The van der Waals surface area contributed by atoms with Crippen LogP contribution in [0.25, 0.3) is 0 Å². The zero-order chi connectivity index (χ0) is 20.9. The van der Waals surface area contributed by atoms with E-state index in [0.29, 0.717) is 18.2 Å². The second kappa shape index (κ2) is 11.0. The number of nitrogens with one attached hydrogen (secondary N) is 2. The Morgan fingerprint density at radius 3 is 2.58 bits per heavy atom. The van der Waals surface area contributed by atoms with Crippen molar-refractivity contribution in [2.75, 3.05) is 20.6 Å². The maximum atomic E-state index is 12.1. The van der Waals surface area contributed by atoms with Gasteiger partial charge in [-0.2, -0.15) is 0 Å². The molecule has 31 heavy (non-hydrogen) atoms. The molecule has 0 radical (unpaired) electrons. The summed E-state index contributed by atoms with van der Waals surface area (Å²) in [6.45, 7) is 1.35. The number of hydrogen-bond donors (Lipinski definition) is 2. The molecule has 2 aliphatic rings. The van der Waals surface area contributed by atoms with E-state index in [1.807, 2.05) is 36.4 Å². The molecule has 1 heterocycles. The molecule has 2 aliphatic carbocycles. The molecule has 2 fully saturated rings. The van der Waals surface area contributed by atoms with E-state index in [1.165, 1.54) is 25.7 Å². The van der Waals surface area contributed by atoms with Gasteiger partial charge in [0.15, 0.2) is 5.96 Å². The summed E-state index contributed by atoms with van der Waals surface area (Å²) in [7, 11) is 3.53. The van der Waals surface area contributed by atoms with Gasteiger partial charge < -0.3 is 20.0 Å². The highest BCUT2D eigenvalue weighted by Gasteiger charge is 2.39. The van der Waals surface area contributed by atoms with Gasteiger partial charge in [-0.1, -0.05) is 18.6 Å². The molecule has 2 aromatic rings. The summed E-state index contributed by atoms with van der Waals surface area (Å²) in [5, 5.41) is 7.17. The number of nitrogens with zero attached hydrogens (tertiary/aromatic N) is 2. The lowest BCUT2D eigenvalue weighted by Crippen LogP contribution is -2.46. The van der Waals surface area contributed by atoms with Gasteiger partial charge in [0.25, 0.3) is 5.91 Å². The molecule has 1 aromatic heterocycles. The summed E-state index contributed by atoms with van der Waals surface area (Å²) in [6.07, 6.45) is 7.88. The predicted octanol–water partition coefficient (Wildman–Crippen LogP) is 4.07. The molecule has 1 aromatic carbocycles. The fraction of sp³-hybridized carbons (Fsp3) is 0.500. The van der Waals surface area contributed by atoms with Crippen LogP contribution in [-0.2, 0) is 13.0 Å². The van der Waals surface area contributed by atoms with E-state index in [0.717, 1.165) is 42.1 Å². The van der Waals surface area contributed by atoms with Crippen LogP contribution in [0.1, 0.15) is 47.4 Å². The fourth-order valence-electron chi connectivity index (χ4n) is 4.69. The molecule has 168 valence electrons. The molecule has 7 heteroatoms. The lowest BCUT2D eigenvalue weighted by atomic mass is 9.95. The van der Waals surface area contributed by atoms with Gasteiger partial charge in [0.1, 0.15) is 5.76 Å². The molecule has 2 saturated carbocycles. The Morgan fingerprint density at radius 2 is 1.97 bits per heavy atom. The number of halogens is 1. The number of fused-ring (bicyclic) bond motifs is 2.